The maximum atomic E-state index is 5.39. The van der Waals surface area contributed by atoms with Gasteiger partial charge < -0.3 is 10.5 Å². The molecule has 0 amide bonds. The highest BCUT2D eigenvalue weighted by Crippen LogP contribution is 2.20. The smallest absolute Gasteiger partial charge is 0.0476 e. The summed E-state index contributed by atoms with van der Waals surface area (Å²) in [5, 5.41) is 0.817. The average Bonchev–Trinajstić information content (AvgIpc) is 2.03. The largest absolute Gasteiger partial charge is 0.381 e. The van der Waals surface area contributed by atoms with Gasteiger partial charge in [-0.2, -0.15) is 11.8 Å². The van der Waals surface area contributed by atoms with Crippen molar-refractivity contribution in [3.63, 3.8) is 0 Å². The minimum atomic E-state index is 0.808. The van der Waals surface area contributed by atoms with Crippen LogP contribution in [0.25, 0.3) is 0 Å². The Balaban J connectivity index is 2.02. The molecule has 1 aliphatic rings. The Kier molecular flexibility index (Phi) is 4.18. The van der Waals surface area contributed by atoms with Gasteiger partial charge in [0.1, 0.15) is 0 Å². The van der Waals surface area contributed by atoms with E-state index in [1.54, 1.807) is 0 Å². The van der Waals surface area contributed by atoms with Gasteiger partial charge >= 0.3 is 0 Å². The molecule has 0 aliphatic carbocycles. The predicted molar refractivity (Wildman–Crippen MR) is 45.4 cm³/mol. The summed E-state index contributed by atoms with van der Waals surface area (Å²) in [6.45, 7) is 2.70. The maximum absolute atomic E-state index is 5.39. The molecule has 0 atom stereocenters. The second-order valence-corrected chi connectivity index (χ2v) is 3.88. The first-order chi connectivity index (χ1) is 4.93. The summed E-state index contributed by atoms with van der Waals surface area (Å²) in [5.74, 6) is 1.10. The zero-order valence-corrected chi connectivity index (χ0v) is 7.03. The number of ether oxygens (including phenoxy) is 1. The van der Waals surface area contributed by atoms with E-state index in [-0.39, 0.29) is 0 Å². The molecule has 3 heteroatoms. The van der Waals surface area contributed by atoms with Crippen molar-refractivity contribution >= 4 is 11.8 Å². The van der Waals surface area contributed by atoms with Crippen LogP contribution in [0.15, 0.2) is 0 Å². The normalized spacial score (nSPS) is 21.3. The van der Waals surface area contributed by atoms with E-state index in [9.17, 15) is 0 Å². The molecule has 0 saturated carbocycles. The second-order valence-electron chi connectivity index (χ2n) is 2.47. The van der Waals surface area contributed by atoms with Crippen LogP contribution in [0.5, 0.6) is 0 Å². The molecule has 0 spiro atoms. The Bertz CT molecular complexity index is 83.7. The number of hydrogen-bond acceptors (Lipinski definition) is 3. The van der Waals surface area contributed by atoms with E-state index in [2.05, 4.69) is 0 Å². The molecular weight excluding hydrogens is 146 g/mol. The van der Waals surface area contributed by atoms with E-state index in [1.165, 1.54) is 12.8 Å². The van der Waals surface area contributed by atoms with Gasteiger partial charge in [0.25, 0.3) is 0 Å². The molecule has 10 heavy (non-hydrogen) atoms. The molecule has 0 bridgehead atoms. The van der Waals surface area contributed by atoms with Gasteiger partial charge in [0, 0.05) is 30.8 Å². The predicted octanol–water partition coefficient (Wildman–Crippen LogP) is 0.857. The third-order valence-corrected chi connectivity index (χ3v) is 3.05. The summed E-state index contributed by atoms with van der Waals surface area (Å²) in [4.78, 5) is 0. The quantitative estimate of drug-likeness (QED) is 0.666. The van der Waals surface area contributed by atoms with Crippen LogP contribution in [0, 0.1) is 0 Å². The van der Waals surface area contributed by atoms with Gasteiger partial charge in [-0.1, -0.05) is 0 Å². The Morgan fingerprint density at radius 2 is 2.10 bits per heavy atom. The fourth-order valence-electron chi connectivity index (χ4n) is 1.08. The maximum Gasteiger partial charge on any atom is 0.0476 e. The first kappa shape index (κ1) is 8.37. The fraction of sp³-hybridized carbons (Fsp3) is 1.00. The minimum absolute atomic E-state index is 0.808. The molecule has 2 nitrogen and oxygen atoms in total. The number of hydrogen-bond donors (Lipinski definition) is 1. The van der Waals surface area contributed by atoms with E-state index in [1.807, 2.05) is 11.8 Å². The summed E-state index contributed by atoms with van der Waals surface area (Å²) >= 11 is 1.99. The molecule has 0 aromatic heterocycles. The molecule has 1 heterocycles. The standard InChI is InChI=1S/C7H15NOS/c8-3-6-10-7-1-4-9-5-2-7/h7H,1-6,8H2. The number of nitrogens with two attached hydrogens (primary N) is 1. The Morgan fingerprint density at radius 3 is 2.70 bits per heavy atom. The molecule has 1 fully saturated rings. The van der Waals surface area contributed by atoms with Gasteiger partial charge in [0.05, 0.1) is 0 Å². The molecule has 1 saturated heterocycles. The second kappa shape index (κ2) is 4.99. The van der Waals surface area contributed by atoms with Crippen molar-refractivity contribution in [3.05, 3.63) is 0 Å². The summed E-state index contributed by atoms with van der Waals surface area (Å²) in [6.07, 6.45) is 2.43. The lowest BCUT2D eigenvalue weighted by Gasteiger charge is -2.20. The zero-order valence-electron chi connectivity index (χ0n) is 6.21. The Hall–Kier alpha value is 0.270. The van der Waals surface area contributed by atoms with Crippen molar-refractivity contribution in [3.8, 4) is 0 Å². The Morgan fingerprint density at radius 1 is 1.40 bits per heavy atom. The lowest BCUT2D eigenvalue weighted by molar-refractivity contribution is 0.100. The molecule has 60 valence electrons. The van der Waals surface area contributed by atoms with Gasteiger partial charge in [-0.05, 0) is 12.8 Å². The highest BCUT2D eigenvalue weighted by molar-refractivity contribution is 7.99. The summed E-state index contributed by atoms with van der Waals surface area (Å²) in [5.41, 5.74) is 5.39. The Labute approximate surface area is 66.5 Å². The van der Waals surface area contributed by atoms with Crippen LogP contribution < -0.4 is 5.73 Å². The highest BCUT2D eigenvalue weighted by Gasteiger charge is 2.12. The molecule has 1 rings (SSSR count). The monoisotopic (exact) mass is 161 g/mol. The van der Waals surface area contributed by atoms with Crippen LogP contribution in [0.3, 0.4) is 0 Å². The molecule has 0 aromatic rings. The third-order valence-electron chi connectivity index (χ3n) is 1.64. The van der Waals surface area contributed by atoms with Gasteiger partial charge in [-0.25, -0.2) is 0 Å². The minimum Gasteiger partial charge on any atom is -0.381 e. The van der Waals surface area contributed by atoms with Crippen LogP contribution in [0.2, 0.25) is 0 Å². The van der Waals surface area contributed by atoms with Gasteiger partial charge in [-0.3, -0.25) is 0 Å². The molecule has 2 N–H and O–H groups in total. The van der Waals surface area contributed by atoms with Gasteiger partial charge in [0.15, 0.2) is 0 Å². The number of thioether (sulfide) groups is 1. The summed E-state index contributed by atoms with van der Waals surface area (Å²) in [7, 11) is 0. The third kappa shape index (κ3) is 2.90. The zero-order chi connectivity index (χ0) is 7.23. The van der Waals surface area contributed by atoms with Crippen molar-refractivity contribution in [1.82, 2.24) is 0 Å². The van der Waals surface area contributed by atoms with E-state index in [0.29, 0.717) is 0 Å². The topological polar surface area (TPSA) is 35.2 Å². The molecule has 1 aliphatic heterocycles. The molecule has 0 aromatic carbocycles. The molecule has 0 radical (unpaired) electrons. The summed E-state index contributed by atoms with van der Waals surface area (Å²) < 4.78 is 5.24. The summed E-state index contributed by atoms with van der Waals surface area (Å²) in [6, 6.07) is 0. The van der Waals surface area contributed by atoms with Gasteiger partial charge in [0.2, 0.25) is 0 Å². The van der Waals surface area contributed by atoms with E-state index in [4.69, 9.17) is 10.5 Å². The van der Waals surface area contributed by atoms with Crippen molar-refractivity contribution < 1.29 is 4.74 Å². The van der Waals surface area contributed by atoms with E-state index >= 15 is 0 Å². The SMILES string of the molecule is NCCSC1CCOCC1. The van der Waals surface area contributed by atoms with Crippen molar-refractivity contribution in [2.75, 3.05) is 25.5 Å². The van der Waals surface area contributed by atoms with E-state index < -0.39 is 0 Å². The lowest BCUT2D eigenvalue weighted by Crippen LogP contribution is -2.19. The van der Waals surface area contributed by atoms with Crippen LogP contribution in [0.1, 0.15) is 12.8 Å². The van der Waals surface area contributed by atoms with Crippen LogP contribution in [-0.4, -0.2) is 30.8 Å². The number of rotatable bonds is 3. The fourth-order valence-corrected chi connectivity index (χ4v) is 2.07. The lowest BCUT2D eigenvalue weighted by atomic mass is 10.2. The van der Waals surface area contributed by atoms with E-state index in [0.717, 1.165) is 30.8 Å². The first-order valence-corrected chi connectivity index (χ1v) is 4.88. The highest BCUT2D eigenvalue weighted by atomic mass is 32.2. The molecule has 0 unspecified atom stereocenters. The average molecular weight is 161 g/mol. The van der Waals surface area contributed by atoms with Crippen LogP contribution in [0.4, 0.5) is 0 Å². The van der Waals surface area contributed by atoms with Crippen molar-refractivity contribution in [2.24, 2.45) is 5.73 Å². The van der Waals surface area contributed by atoms with Crippen LogP contribution >= 0.6 is 11.8 Å². The van der Waals surface area contributed by atoms with Crippen molar-refractivity contribution in [2.45, 2.75) is 18.1 Å². The van der Waals surface area contributed by atoms with Gasteiger partial charge in [-0.15, -0.1) is 0 Å². The van der Waals surface area contributed by atoms with Crippen molar-refractivity contribution in [1.29, 1.82) is 0 Å². The first-order valence-electron chi connectivity index (χ1n) is 3.83. The van der Waals surface area contributed by atoms with Crippen LogP contribution in [-0.2, 0) is 4.74 Å². The molecular formula is C7H15NOS.